The van der Waals surface area contributed by atoms with Gasteiger partial charge < -0.3 is 9.47 Å². The standard InChI is InChI=1S/C14H26O2/c1-4-7-8-9-10-11-12-13-14(15-5-2)16-6-3/h10-14H,4-9H2,1-3H3/b11-10-,13-12+. The van der Waals surface area contributed by atoms with E-state index >= 15 is 0 Å². The maximum atomic E-state index is 5.38. The predicted molar refractivity (Wildman–Crippen MR) is 69.5 cm³/mol. The fourth-order valence-electron chi connectivity index (χ4n) is 1.33. The first-order valence-corrected chi connectivity index (χ1v) is 6.41. The van der Waals surface area contributed by atoms with Crippen LogP contribution in [0.15, 0.2) is 24.3 Å². The first-order valence-electron chi connectivity index (χ1n) is 6.41. The number of hydrogen-bond donors (Lipinski definition) is 0. The molecule has 0 aliphatic carbocycles. The van der Waals surface area contributed by atoms with Crippen molar-refractivity contribution in [1.82, 2.24) is 0 Å². The molecule has 0 aromatic carbocycles. The van der Waals surface area contributed by atoms with Crippen LogP contribution in [0.3, 0.4) is 0 Å². The van der Waals surface area contributed by atoms with Gasteiger partial charge in [0.2, 0.25) is 0 Å². The third kappa shape index (κ3) is 9.94. The van der Waals surface area contributed by atoms with Crippen LogP contribution in [0.5, 0.6) is 0 Å². The van der Waals surface area contributed by atoms with Crippen LogP contribution in [0.2, 0.25) is 0 Å². The van der Waals surface area contributed by atoms with E-state index in [0.29, 0.717) is 13.2 Å². The molecule has 0 amide bonds. The van der Waals surface area contributed by atoms with Gasteiger partial charge in [-0.1, -0.05) is 38.0 Å². The molecular formula is C14H26O2. The smallest absolute Gasteiger partial charge is 0.177 e. The van der Waals surface area contributed by atoms with Gasteiger partial charge in [0.15, 0.2) is 6.29 Å². The molecule has 0 saturated carbocycles. The van der Waals surface area contributed by atoms with Gasteiger partial charge in [-0.2, -0.15) is 0 Å². The van der Waals surface area contributed by atoms with E-state index in [2.05, 4.69) is 19.1 Å². The molecule has 0 spiro atoms. The summed E-state index contributed by atoms with van der Waals surface area (Å²) in [6, 6.07) is 0. The number of allylic oxidation sites excluding steroid dienone is 3. The van der Waals surface area contributed by atoms with Crippen molar-refractivity contribution >= 4 is 0 Å². The Morgan fingerprint density at radius 2 is 1.62 bits per heavy atom. The fraction of sp³-hybridized carbons (Fsp3) is 0.714. The minimum Gasteiger partial charge on any atom is -0.349 e. The molecule has 16 heavy (non-hydrogen) atoms. The van der Waals surface area contributed by atoms with Gasteiger partial charge in [-0.05, 0) is 32.8 Å². The normalized spacial score (nSPS) is 12.2. The highest BCUT2D eigenvalue weighted by Crippen LogP contribution is 2.01. The average Bonchev–Trinajstić information content (AvgIpc) is 2.28. The number of hydrogen-bond acceptors (Lipinski definition) is 2. The van der Waals surface area contributed by atoms with E-state index < -0.39 is 0 Å². The highest BCUT2D eigenvalue weighted by molar-refractivity contribution is 5.03. The summed E-state index contributed by atoms with van der Waals surface area (Å²) in [6.07, 6.45) is 13.0. The van der Waals surface area contributed by atoms with Crippen molar-refractivity contribution in [2.45, 2.75) is 52.7 Å². The molecule has 0 aromatic rings. The lowest BCUT2D eigenvalue weighted by atomic mass is 10.2. The first kappa shape index (κ1) is 15.4. The number of ether oxygens (including phenoxy) is 2. The van der Waals surface area contributed by atoms with Crippen molar-refractivity contribution in [3.8, 4) is 0 Å². The summed E-state index contributed by atoms with van der Waals surface area (Å²) in [5.74, 6) is 0. The summed E-state index contributed by atoms with van der Waals surface area (Å²) in [6.45, 7) is 7.52. The molecular weight excluding hydrogens is 200 g/mol. The van der Waals surface area contributed by atoms with Gasteiger partial charge in [0.05, 0.1) is 0 Å². The van der Waals surface area contributed by atoms with Crippen LogP contribution in [-0.4, -0.2) is 19.5 Å². The Bertz CT molecular complexity index is 179. The van der Waals surface area contributed by atoms with E-state index in [1.807, 2.05) is 26.0 Å². The van der Waals surface area contributed by atoms with Crippen LogP contribution >= 0.6 is 0 Å². The zero-order valence-electron chi connectivity index (χ0n) is 10.9. The lowest BCUT2D eigenvalue weighted by Crippen LogP contribution is -2.13. The Kier molecular flexibility index (Phi) is 12.0. The largest absolute Gasteiger partial charge is 0.349 e. The maximum absolute atomic E-state index is 5.38. The summed E-state index contributed by atoms with van der Waals surface area (Å²) in [4.78, 5) is 0. The predicted octanol–water partition coefficient (Wildman–Crippen LogP) is 4.08. The van der Waals surface area contributed by atoms with Crippen LogP contribution in [0.4, 0.5) is 0 Å². The molecule has 0 aromatic heterocycles. The average molecular weight is 226 g/mol. The van der Waals surface area contributed by atoms with Gasteiger partial charge in [0.25, 0.3) is 0 Å². The van der Waals surface area contributed by atoms with E-state index in [0.717, 1.165) is 6.42 Å². The minimum absolute atomic E-state index is 0.199. The molecule has 0 rings (SSSR count). The Morgan fingerprint density at radius 3 is 2.19 bits per heavy atom. The van der Waals surface area contributed by atoms with Crippen LogP contribution in [0.1, 0.15) is 46.5 Å². The lowest BCUT2D eigenvalue weighted by molar-refractivity contribution is -0.103. The summed E-state index contributed by atoms with van der Waals surface area (Å²) >= 11 is 0. The molecule has 2 heteroatoms. The van der Waals surface area contributed by atoms with Crippen LogP contribution < -0.4 is 0 Å². The third-order valence-electron chi connectivity index (χ3n) is 2.15. The van der Waals surface area contributed by atoms with Crippen molar-refractivity contribution < 1.29 is 9.47 Å². The van der Waals surface area contributed by atoms with E-state index in [9.17, 15) is 0 Å². The third-order valence-corrected chi connectivity index (χ3v) is 2.15. The van der Waals surface area contributed by atoms with E-state index in [1.165, 1.54) is 19.3 Å². The van der Waals surface area contributed by atoms with Crippen molar-refractivity contribution in [3.63, 3.8) is 0 Å². The highest BCUT2D eigenvalue weighted by Gasteiger charge is 1.99. The molecule has 0 aliphatic rings. The molecule has 0 fully saturated rings. The molecule has 0 aliphatic heterocycles. The van der Waals surface area contributed by atoms with Gasteiger partial charge in [0, 0.05) is 13.2 Å². The van der Waals surface area contributed by atoms with Crippen molar-refractivity contribution in [2.24, 2.45) is 0 Å². The molecule has 0 N–H and O–H groups in total. The second-order valence-electron chi connectivity index (χ2n) is 3.59. The maximum Gasteiger partial charge on any atom is 0.177 e. The molecule has 0 bridgehead atoms. The Balaban J connectivity index is 3.67. The fourth-order valence-corrected chi connectivity index (χ4v) is 1.33. The van der Waals surface area contributed by atoms with Crippen LogP contribution in [0, 0.1) is 0 Å². The SMILES string of the molecule is CCCCC/C=C\C=C\C(OCC)OCC. The molecule has 0 radical (unpaired) electrons. The van der Waals surface area contributed by atoms with Gasteiger partial charge in [-0.3, -0.25) is 0 Å². The highest BCUT2D eigenvalue weighted by atomic mass is 16.7. The molecule has 94 valence electrons. The quantitative estimate of drug-likeness (QED) is 0.317. The number of rotatable bonds is 10. The summed E-state index contributed by atoms with van der Waals surface area (Å²) < 4.78 is 10.8. The van der Waals surface area contributed by atoms with Crippen molar-refractivity contribution in [1.29, 1.82) is 0 Å². The van der Waals surface area contributed by atoms with E-state index in [-0.39, 0.29) is 6.29 Å². The van der Waals surface area contributed by atoms with Crippen molar-refractivity contribution in [2.75, 3.05) is 13.2 Å². The summed E-state index contributed by atoms with van der Waals surface area (Å²) in [7, 11) is 0. The second-order valence-corrected chi connectivity index (χ2v) is 3.59. The number of unbranched alkanes of at least 4 members (excludes halogenated alkanes) is 3. The Morgan fingerprint density at radius 1 is 0.938 bits per heavy atom. The Hall–Kier alpha value is -0.600. The molecule has 2 nitrogen and oxygen atoms in total. The van der Waals surface area contributed by atoms with E-state index in [1.54, 1.807) is 0 Å². The van der Waals surface area contributed by atoms with Gasteiger partial charge >= 0.3 is 0 Å². The molecule has 0 heterocycles. The topological polar surface area (TPSA) is 18.5 Å². The van der Waals surface area contributed by atoms with Gasteiger partial charge in [0.1, 0.15) is 0 Å². The first-order chi connectivity index (χ1) is 7.85. The zero-order chi connectivity index (χ0) is 12.1. The summed E-state index contributed by atoms with van der Waals surface area (Å²) in [5, 5.41) is 0. The minimum atomic E-state index is -0.199. The van der Waals surface area contributed by atoms with Crippen molar-refractivity contribution in [3.05, 3.63) is 24.3 Å². The van der Waals surface area contributed by atoms with Crippen LogP contribution in [-0.2, 0) is 9.47 Å². The monoisotopic (exact) mass is 226 g/mol. The summed E-state index contributed by atoms with van der Waals surface area (Å²) in [5.41, 5.74) is 0. The molecule has 0 atom stereocenters. The Labute approximate surface area is 100 Å². The zero-order valence-corrected chi connectivity index (χ0v) is 10.9. The molecule has 0 saturated heterocycles. The van der Waals surface area contributed by atoms with Crippen LogP contribution in [0.25, 0.3) is 0 Å². The van der Waals surface area contributed by atoms with E-state index in [4.69, 9.17) is 9.47 Å². The van der Waals surface area contributed by atoms with Gasteiger partial charge in [-0.15, -0.1) is 0 Å². The molecule has 0 unspecified atom stereocenters. The lowest BCUT2D eigenvalue weighted by Gasteiger charge is -2.11. The van der Waals surface area contributed by atoms with Gasteiger partial charge in [-0.25, -0.2) is 0 Å². The second kappa shape index (κ2) is 12.5.